The Hall–Kier alpha value is -2.90. The first-order valence-corrected chi connectivity index (χ1v) is 5.74. The summed E-state index contributed by atoms with van der Waals surface area (Å²) in [6.45, 7) is 0. The van der Waals surface area contributed by atoms with Crippen LogP contribution in [0.1, 0.15) is 11.3 Å². The zero-order valence-corrected chi connectivity index (χ0v) is 10.3. The van der Waals surface area contributed by atoms with Crippen molar-refractivity contribution >= 4 is 11.4 Å². The molecule has 0 saturated carbocycles. The molecular weight excluding hydrogens is 264 g/mol. The van der Waals surface area contributed by atoms with Gasteiger partial charge in [0.05, 0.1) is 15.9 Å². The van der Waals surface area contributed by atoms with Crippen LogP contribution in [0.15, 0.2) is 36.8 Å². The quantitative estimate of drug-likeness (QED) is 0.609. The third-order valence-electron chi connectivity index (χ3n) is 2.77. The minimum atomic E-state index is -0.652. The zero-order chi connectivity index (χ0) is 14.5. The average Bonchev–Trinajstić information content (AvgIpc) is 2.45. The van der Waals surface area contributed by atoms with Gasteiger partial charge in [-0.15, -0.1) is 0 Å². The molecule has 0 atom stereocenters. The number of hydrogen-bond donors (Lipinski definition) is 0. The highest BCUT2D eigenvalue weighted by atomic mass is 16.6. The third kappa shape index (κ3) is 3.10. The molecule has 0 aliphatic carbocycles. The van der Waals surface area contributed by atoms with Crippen molar-refractivity contribution in [2.45, 2.75) is 12.8 Å². The van der Waals surface area contributed by atoms with E-state index in [-0.39, 0.29) is 11.4 Å². The van der Waals surface area contributed by atoms with Crippen LogP contribution in [0, 0.1) is 20.2 Å². The van der Waals surface area contributed by atoms with Gasteiger partial charge in [0.25, 0.3) is 11.4 Å². The Morgan fingerprint density at radius 3 is 2.45 bits per heavy atom. The number of benzene rings is 1. The molecule has 0 N–H and O–H groups in total. The van der Waals surface area contributed by atoms with Crippen molar-refractivity contribution in [2.24, 2.45) is 0 Å². The maximum absolute atomic E-state index is 11.0. The Labute approximate surface area is 113 Å². The lowest BCUT2D eigenvalue weighted by molar-refractivity contribution is -0.394. The van der Waals surface area contributed by atoms with E-state index in [0.29, 0.717) is 18.4 Å². The zero-order valence-electron chi connectivity index (χ0n) is 10.3. The summed E-state index contributed by atoms with van der Waals surface area (Å²) >= 11 is 0. The third-order valence-corrected chi connectivity index (χ3v) is 2.77. The summed E-state index contributed by atoms with van der Waals surface area (Å²) < 4.78 is 0. The van der Waals surface area contributed by atoms with E-state index in [9.17, 15) is 20.2 Å². The summed E-state index contributed by atoms with van der Waals surface area (Å²) in [7, 11) is 0. The first kappa shape index (κ1) is 13.5. The number of non-ortho nitro benzene ring substituents is 1. The number of rotatable bonds is 5. The lowest BCUT2D eigenvalue weighted by atomic mass is 10.1. The summed E-state index contributed by atoms with van der Waals surface area (Å²) in [5.74, 6) is 0. The van der Waals surface area contributed by atoms with Crippen molar-refractivity contribution in [1.82, 2.24) is 9.97 Å². The van der Waals surface area contributed by atoms with E-state index in [1.807, 2.05) is 0 Å². The molecule has 20 heavy (non-hydrogen) atoms. The number of nitro benzene ring substituents is 2. The largest absolute Gasteiger partial charge is 0.279 e. The lowest BCUT2D eigenvalue weighted by Gasteiger charge is -2.03. The fourth-order valence-electron chi connectivity index (χ4n) is 1.78. The molecule has 0 unspecified atom stereocenters. The first-order chi connectivity index (χ1) is 9.58. The van der Waals surface area contributed by atoms with Crippen LogP contribution in [0.2, 0.25) is 0 Å². The maximum atomic E-state index is 11.0. The number of nitrogens with zero attached hydrogens (tertiary/aromatic N) is 4. The number of hydrogen-bond acceptors (Lipinski definition) is 6. The summed E-state index contributed by atoms with van der Waals surface area (Å²) in [4.78, 5) is 28.1. The van der Waals surface area contributed by atoms with E-state index >= 15 is 0 Å². The van der Waals surface area contributed by atoms with Gasteiger partial charge in [0.1, 0.15) is 6.33 Å². The van der Waals surface area contributed by atoms with E-state index in [0.717, 1.165) is 11.8 Å². The van der Waals surface area contributed by atoms with Gasteiger partial charge in [-0.25, -0.2) is 9.97 Å². The van der Waals surface area contributed by atoms with E-state index < -0.39 is 9.85 Å². The monoisotopic (exact) mass is 274 g/mol. The molecule has 1 heterocycles. The molecule has 0 saturated heterocycles. The SMILES string of the molecule is O=[N+]([O-])c1ccc(CCc2ccncn2)c([N+](=O)[O-])c1. The molecule has 1 aromatic heterocycles. The number of nitro groups is 2. The second-order valence-electron chi connectivity index (χ2n) is 4.03. The first-order valence-electron chi connectivity index (χ1n) is 5.74. The molecular formula is C12H10N4O4. The van der Waals surface area contributed by atoms with E-state index in [1.54, 1.807) is 12.3 Å². The minimum absolute atomic E-state index is 0.242. The molecule has 0 spiro atoms. The molecule has 0 fully saturated rings. The normalized spacial score (nSPS) is 10.2. The predicted octanol–water partition coefficient (Wildman–Crippen LogP) is 2.08. The number of aryl methyl sites for hydroxylation is 2. The van der Waals surface area contributed by atoms with Crippen molar-refractivity contribution in [3.63, 3.8) is 0 Å². The van der Waals surface area contributed by atoms with Crippen LogP contribution in [-0.2, 0) is 12.8 Å². The van der Waals surface area contributed by atoms with Crippen molar-refractivity contribution in [2.75, 3.05) is 0 Å². The van der Waals surface area contributed by atoms with Crippen molar-refractivity contribution in [1.29, 1.82) is 0 Å². The Morgan fingerprint density at radius 2 is 1.85 bits per heavy atom. The summed E-state index contributed by atoms with van der Waals surface area (Å²) in [5.41, 5.74) is 0.669. The van der Waals surface area contributed by atoms with Crippen LogP contribution in [0.4, 0.5) is 11.4 Å². The van der Waals surface area contributed by atoms with E-state index in [4.69, 9.17) is 0 Å². The highest BCUT2D eigenvalue weighted by Crippen LogP contribution is 2.25. The van der Waals surface area contributed by atoms with Crippen LogP contribution < -0.4 is 0 Å². The smallest absolute Gasteiger partial charge is 0.258 e. The Kier molecular flexibility index (Phi) is 3.94. The van der Waals surface area contributed by atoms with Gasteiger partial charge >= 0.3 is 0 Å². The molecule has 0 aliphatic heterocycles. The molecule has 0 bridgehead atoms. The molecule has 8 nitrogen and oxygen atoms in total. The van der Waals surface area contributed by atoms with E-state index in [1.165, 1.54) is 18.5 Å². The van der Waals surface area contributed by atoms with Gasteiger partial charge in [0, 0.05) is 23.5 Å². The summed E-state index contributed by atoms with van der Waals surface area (Å²) in [6.07, 6.45) is 3.87. The fourth-order valence-corrected chi connectivity index (χ4v) is 1.78. The highest BCUT2D eigenvalue weighted by Gasteiger charge is 2.19. The van der Waals surface area contributed by atoms with Gasteiger partial charge in [-0.2, -0.15) is 0 Å². The van der Waals surface area contributed by atoms with Gasteiger partial charge in [0.15, 0.2) is 0 Å². The lowest BCUT2D eigenvalue weighted by Crippen LogP contribution is -2.00. The van der Waals surface area contributed by atoms with Crippen molar-refractivity contribution < 1.29 is 9.85 Å². The standard InChI is InChI=1S/C12H10N4O4/c17-15(18)11-4-2-9(12(7-11)16(19)20)1-3-10-5-6-13-8-14-10/h2,4-8H,1,3H2. The second kappa shape index (κ2) is 5.83. The molecule has 0 aliphatic rings. The summed E-state index contributed by atoms with van der Waals surface area (Å²) in [5, 5.41) is 21.6. The maximum Gasteiger partial charge on any atom is 0.279 e. The highest BCUT2D eigenvalue weighted by molar-refractivity contribution is 5.49. The molecule has 102 valence electrons. The minimum Gasteiger partial charge on any atom is -0.258 e. The van der Waals surface area contributed by atoms with Crippen LogP contribution in [-0.4, -0.2) is 19.8 Å². The van der Waals surface area contributed by atoms with Crippen LogP contribution in [0.3, 0.4) is 0 Å². The molecule has 2 aromatic rings. The Balaban J connectivity index is 2.23. The van der Waals surface area contributed by atoms with Gasteiger partial charge in [-0.3, -0.25) is 20.2 Å². The number of aromatic nitrogens is 2. The summed E-state index contributed by atoms with van der Waals surface area (Å²) in [6, 6.07) is 5.38. The van der Waals surface area contributed by atoms with Gasteiger partial charge in [-0.1, -0.05) is 0 Å². The van der Waals surface area contributed by atoms with Crippen molar-refractivity contribution in [3.8, 4) is 0 Å². The topological polar surface area (TPSA) is 112 Å². The second-order valence-corrected chi connectivity index (χ2v) is 4.03. The van der Waals surface area contributed by atoms with Crippen LogP contribution in [0.25, 0.3) is 0 Å². The van der Waals surface area contributed by atoms with E-state index in [2.05, 4.69) is 9.97 Å². The average molecular weight is 274 g/mol. The van der Waals surface area contributed by atoms with Gasteiger partial charge in [0.2, 0.25) is 0 Å². The Morgan fingerprint density at radius 1 is 1.05 bits per heavy atom. The Bertz CT molecular complexity index is 645. The van der Waals surface area contributed by atoms with Crippen LogP contribution >= 0.6 is 0 Å². The predicted molar refractivity (Wildman–Crippen MR) is 69.2 cm³/mol. The molecule has 1 aromatic carbocycles. The van der Waals surface area contributed by atoms with Gasteiger partial charge in [-0.05, 0) is 25.0 Å². The molecule has 0 radical (unpaired) electrons. The molecule has 0 amide bonds. The van der Waals surface area contributed by atoms with Gasteiger partial charge < -0.3 is 0 Å². The van der Waals surface area contributed by atoms with Crippen LogP contribution in [0.5, 0.6) is 0 Å². The molecule has 8 heteroatoms. The molecule has 2 rings (SSSR count). The fraction of sp³-hybridized carbons (Fsp3) is 0.167. The van der Waals surface area contributed by atoms with Crippen molar-refractivity contribution in [3.05, 3.63) is 68.3 Å².